The molecule has 1 rings (SSSR count). The molecule has 0 aliphatic rings. The van der Waals surface area contributed by atoms with Crippen LogP contribution in [0.25, 0.3) is 0 Å². The van der Waals surface area contributed by atoms with E-state index < -0.39 is 0 Å². The van der Waals surface area contributed by atoms with Crippen molar-refractivity contribution in [1.29, 1.82) is 0 Å². The van der Waals surface area contributed by atoms with Crippen LogP contribution in [0.1, 0.15) is 31.9 Å². The average molecular weight is 221 g/mol. The van der Waals surface area contributed by atoms with E-state index in [2.05, 4.69) is 39.0 Å². The standard InChI is InChI=1S/C14H23NO/c1-5-12-6-7-14(16-4)13(9-12)8-10(2)11(3)15/h6-7,9-11H,5,8,15H2,1-4H3. The van der Waals surface area contributed by atoms with E-state index in [1.165, 1.54) is 11.1 Å². The summed E-state index contributed by atoms with van der Waals surface area (Å²) in [6.07, 6.45) is 2.04. The molecule has 0 amide bonds. The molecule has 0 fully saturated rings. The van der Waals surface area contributed by atoms with Gasteiger partial charge in [-0.15, -0.1) is 0 Å². The highest BCUT2D eigenvalue weighted by Gasteiger charge is 2.12. The lowest BCUT2D eigenvalue weighted by Crippen LogP contribution is -2.25. The molecule has 0 aliphatic heterocycles. The van der Waals surface area contributed by atoms with Crippen LogP contribution >= 0.6 is 0 Å². The van der Waals surface area contributed by atoms with E-state index in [0.717, 1.165) is 18.6 Å². The highest BCUT2D eigenvalue weighted by Crippen LogP contribution is 2.24. The van der Waals surface area contributed by atoms with Gasteiger partial charge in [-0.25, -0.2) is 0 Å². The summed E-state index contributed by atoms with van der Waals surface area (Å²) in [6.45, 7) is 6.41. The van der Waals surface area contributed by atoms with Gasteiger partial charge in [0, 0.05) is 6.04 Å². The van der Waals surface area contributed by atoms with Gasteiger partial charge in [0.15, 0.2) is 0 Å². The Kier molecular flexibility index (Phi) is 4.81. The Morgan fingerprint density at radius 1 is 1.31 bits per heavy atom. The minimum atomic E-state index is 0.218. The second kappa shape index (κ2) is 5.90. The second-order valence-corrected chi connectivity index (χ2v) is 4.54. The molecule has 0 aromatic heterocycles. The normalized spacial score (nSPS) is 14.6. The zero-order valence-electron chi connectivity index (χ0n) is 10.8. The van der Waals surface area contributed by atoms with Gasteiger partial charge in [-0.1, -0.05) is 26.0 Å². The van der Waals surface area contributed by atoms with E-state index in [-0.39, 0.29) is 6.04 Å². The van der Waals surface area contributed by atoms with Crippen molar-refractivity contribution in [3.05, 3.63) is 29.3 Å². The zero-order valence-corrected chi connectivity index (χ0v) is 10.8. The summed E-state index contributed by atoms with van der Waals surface area (Å²) in [5.41, 5.74) is 8.53. The molecule has 0 radical (unpaired) electrons. The van der Waals surface area contributed by atoms with Crippen molar-refractivity contribution in [1.82, 2.24) is 0 Å². The molecule has 0 aliphatic carbocycles. The van der Waals surface area contributed by atoms with Gasteiger partial charge >= 0.3 is 0 Å². The molecule has 0 spiro atoms. The fraction of sp³-hybridized carbons (Fsp3) is 0.571. The number of nitrogens with two attached hydrogens (primary N) is 1. The van der Waals surface area contributed by atoms with Crippen LogP contribution in [0, 0.1) is 5.92 Å². The Morgan fingerprint density at radius 2 is 2.00 bits per heavy atom. The first-order chi connectivity index (χ1) is 7.58. The minimum absolute atomic E-state index is 0.218. The molecular formula is C14H23NO. The van der Waals surface area contributed by atoms with E-state index in [4.69, 9.17) is 10.5 Å². The van der Waals surface area contributed by atoms with Crippen LogP contribution in [-0.2, 0) is 12.8 Å². The SMILES string of the molecule is CCc1ccc(OC)c(CC(C)C(C)N)c1. The summed E-state index contributed by atoms with van der Waals surface area (Å²) in [4.78, 5) is 0. The summed E-state index contributed by atoms with van der Waals surface area (Å²) < 4.78 is 5.38. The Labute approximate surface area is 98.8 Å². The summed E-state index contributed by atoms with van der Waals surface area (Å²) in [7, 11) is 1.72. The summed E-state index contributed by atoms with van der Waals surface area (Å²) >= 11 is 0. The molecule has 1 aromatic carbocycles. The number of hydrogen-bond donors (Lipinski definition) is 1. The highest BCUT2D eigenvalue weighted by molar-refractivity contribution is 5.37. The van der Waals surface area contributed by atoms with Gasteiger partial charge in [-0.05, 0) is 42.9 Å². The number of rotatable bonds is 5. The molecule has 2 N–H and O–H groups in total. The van der Waals surface area contributed by atoms with Crippen LogP contribution in [-0.4, -0.2) is 13.2 Å². The minimum Gasteiger partial charge on any atom is -0.496 e. The summed E-state index contributed by atoms with van der Waals surface area (Å²) in [5.74, 6) is 1.45. The van der Waals surface area contributed by atoms with Gasteiger partial charge in [0.1, 0.15) is 5.75 Å². The third-order valence-electron chi connectivity index (χ3n) is 3.19. The van der Waals surface area contributed by atoms with Crippen molar-refractivity contribution < 1.29 is 4.74 Å². The van der Waals surface area contributed by atoms with Gasteiger partial charge in [-0.2, -0.15) is 0 Å². The van der Waals surface area contributed by atoms with Gasteiger partial charge in [-0.3, -0.25) is 0 Å². The predicted molar refractivity (Wildman–Crippen MR) is 68.9 cm³/mol. The van der Waals surface area contributed by atoms with Crippen molar-refractivity contribution in [3.63, 3.8) is 0 Å². The molecule has 2 unspecified atom stereocenters. The first-order valence-corrected chi connectivity index (χ1v) is 5.99. The van der Waals surface area contributed by atoms with Crippen LogP contribution in [0.4, 0.5) is 0 Å². The lowest BCUT2D eigenvalue weighted by atomic mass is 9.93. The maximum Gasteiger partial charge on any atom is 0.122 e. The Balaban J connectivity index is 2.91. The van der Waals surface area contributed by atoms with E-state index in [1.54, 1.807) is 7.11 Å². The van der Waals surface area contributed by atoms with Crippen molar-refractivity contribution in [2.45, 2.75) is 39.7 Å². The topological polar surface area (TPSA) is 35.2 Å². The number of methoxy groups -OCH3 is 1. The quantitative estimate of drug-likeness (QED) is 0.829. The Morgan fingerprint density at radius 3 is 2.50 bits per heavy atom. The van der Waals surface area contributed by atoms with Crippen LogP contribution in [0.3, 0.4) is 0 Å². The summed E-state index contributed by atoms with van der Waals surface area (Å²) in [6, 6.07) is 6.63. The Hall–Kier alpha value is -1.02. The van der Waals surface area contributed by atoms with E-state index in [1.807, 2.05) is 0 Å². The van der Waals surface area contributed by atoms with Crippen LogP contribution in [0.5, 0.6) is 5.75 Å². The number of ether oxygens (including phenoxy) is 1. The van der Waals surface area contributed by atoms with Crippen LogP contribution in [0.2, 0.25) is 0 Å². The maximum absolute atomic E-state index is 5.91. The van der Waals surface area contributed by atoms with Crippen molar-refractivity contribution >= 4 is 0 Å². The molecular weight excluding hydrogens is 198 g/mol. The smallest absolute Gasteiger partial charge is 0.122 e. The van der Waals surface area contributed by atoms with Crippen LogP contribution in [0.15, 0.2) is 18.2 Å². The van der Waals surface area contributed by atoms with Gasteiger partial charge < -0.3 is 10.5 Å². The van der Waals surface area contributed by atoms with Crippen molar-refractivity contribution in [3.8, 4) is 5.75 Å². The van der Waals surface area contributed by atoms with E-state index in [9.17, 15) is 0 Å². The lowest BCUT2D eigenvalue weighted by molar-refractivity contribution is 0.400. The number of hydrogen-bond acceptors (Lipinski definition) is 2. The van der Waals surface area contributed by atoms with E-state index >= 15 is 0 Å². The molecule has 16 heavy (non-hydrogen) atoms. The highest BCUT2D eigenvalue weighted by atomic mass is 16.5. The number of aryl methyl sites for hydroxylation is 1. The molecule has 0 bridgehead atoms. The lowest BCUT2D eigenvalue weighted by Gasteiger charge is -2.18. The molecule has 0 heterocycles. The first kappa shape index (κ1) is 13.0. The fourth-order valence-corrected chi connectivity index (χ4v) is 1.74. The molecule has 2 heteroatoms. The van der Waals surface area contributed by atoms with Gasteiger partial charge in [0.05, 0.1) is 7.11 Å². The molecule has 2 atom stereocenters. The second-order valence-electron chi connectivity index (χ2n) is 4.54. The van der Waals surface area contributed by atoms with Crippen molar-refractivity contribution in [2.24, 2.45) is 11.7 Å². The largest absolute Gasteiger partial charge is 0.496 e. The summed E-state index contributed by atoms with van der Waals surface area (Å²) in [5, 5.41) is 0. The molecule has 1 aromatic rings. The molecule has 2 nitrogen and oxygen atoms in total. The van der Waals surface area contributed by atoms with Crippen molar-refractivity contribution in [2.75, 3.05) is 7.11 Å². The van der Waals surface area contributed by atoms with E-state index in [0.29, 0.717) is 5.92 Å². The van der Waals surface area contributed by atoms with Gasteiger partial charge in [0.25, 0.3) is 0 Å². The monoisotopic (exact) mass is 221 g/mol. The zero-order chi connectivity index (χ0) is 12.1. The first-order valence-electron chi connectivity index (χ1n) is 5.99. The Bertz CT molecular complexity index is 334. The average Bonchev–Trinajstić information content (AvgIpc) is 2.28. The molecule has 0 saturated carbocycles. The molecule has 0 saturated heterocycles. The third-order valence-corrected chi connectivity index (χ3v) is 3.19. The number of benzene rings is 1. The molecule has 90 valence electrons. The predicted octanol–water partition coefficient (Wildman–Crippen LogP) is 2.78. The maximum atomic E-state index is 5.91. The third kappa shape index (κ3) is 3.24. The van der Waals surface area contributed by atoms with Crippen LogP contribution < -0.4 is 10.5 Å². The fourth-order valence-electron chi connectivity index (χ4n) is 1.74. The van der Waals surface area contributed by atoms with Gasteiger partial charge in [0.2, 0.25) is 0 Å².